The van der Waals surface area contributed by atoms with Crippen LogP contribution in [0.15, 0.2) is 30.6 Å². The van der Waals surface area contributed by atoms with Crippen molar-refractivity contribution in [3.63, 3.8) is 0 Å². The van der Waals surface area contributed by atoms with E-state index in [1.165, 1.54) is 9.75 Å². The number of thiophene rings is 1. The summed E-state index contributed by atoms with van der Waals surface area (Å²) in [6, 6.07) is 6.26. The van der Waals surface area contributed by atoms with Crippen molar-refractivity contribution in [2.75, 3.05) is 44.8 Å². The summed E-state index contributed by atoms with van der Waals surface area (Å²) in [4.78, 5) is 13.7. The maximum atomic E-state index is 6.29. The van der Waals surface area contributed by atoms with Gasteiger partial charge in [0.1, 0.15) is 5.60 Å². The van der Waals surface area contributed by atoms with Crippen molar-refractivity contribution in [2.45, 2.75) is 25.5 Å². The third kappa shape index (κ3) is 4.40. The van der Waals surface area contributed by atoms with E-state index in [1.54, 1.807) is 12.4 Å². The van der Waals surface area contributed by atoms with Crippen LogP contribution in [-0.2, 0) is 16.0 Å². The highest BCUT2D eigenvalue weighted by Crippen LogP contribution is 2.33. The van der Waals surface area contributed by atoms with Gasteiger partial charge in [0.2, 0.25) is 5.95 Å². The van der Waals surface area contributed by atoms with E-state index < -0.39 is 0 Å². The number of aryl methyl sites for hydroxylation is 1. The number of nitrogens with zero attached hydrogens (tertiary/aromatic N) is 3. The average Bonchev–Trinajstić information content (AvgIpc) is 3.18. The zero-order chi connectivity index (χ0) is 17.8. The second-order valence-corrected chi connectivity index (χ2v) is 8.67. The smallest absolute Gasteiger partial charge is 0.222 e. The van der Waals surface area contributed by atoms with Gasteiger partial charge in [0.25, 0.3) is 0 Å². The molecule has 0 amide bonds. The topological polar surface area (TPSA) is 59.5 Å². The normalized spacial score (nSPS) is 26.9. The molecule has 0 saturated carbocycles. The van der Waals surface area contributed by atoms with Gasteiger partial charge in [-0.1, -0.05) is 0 Å². The second-order valence-electron chi connectivity index (χ2n) is 7.29. The number of anilines is 1. The van der Waals surface area contributed by atoms with Crippen LogP contribution < -0.4 is 5.32 Å². The Morgan fingerprint density at radius 2 is 2.23 bits per heavy atom. The molecule has 2 fully saturated rings. The molecule has 140 valence electrons. The van der Waals surface area contributed by atoms with Gasteiger partial charge in [-0.3, -0.25) is 4.90 Å². The van der Waals surface area contributed by atoms with E-state index in [9.17, 15) is 0 Å². The zero-order valence-electron chi connectivity index (χ0n) is 15.2. The SMILES string of the molecule is Cc1ccc(CN2CCOC[C@@]3(C[C@H](CNc4ncccn4)CO3)C2)s1. The molecule has 1 N–H and O–H groups in total. The van der Waals surface area contributed by atoms with Gasteiger partial charge in [0.05, 0.1) is 19.8 Å². The lowest BCUT2D eigenvalue weighted by Gasteiger charge is -2.31. The third-order valence-electron chi connectivity index (χ3n) is 5.00. The Morgan fingerprint density at radius 1 is 1.35 bits per heavy atom. The van der Waals surface area contributed by atoms with Gasteiger partial charge in [-0.15, -0.1) is 11.3 Å². The Balaban J connectivity index is 1.34. The quantitative estimate of drug-likeness (QED) is 0.868. The van der Waals surface area contributed by atoms with Crippen LogP contribution in [0, 0.1) is 12.8 Å². The lowest BCUT2D eigenvalue weighted by Crippen LogP contribution is -2.43. The van der Waals surface area contributed by atoms with Gasteiger partial charge in [-0.2, -0.15) is 0 Å². The Hall–Kier alpha value is -1.54. The van der Waals surface area contributed by atoms with Gasteiger partial charge in [-0.05, 0) is 31.5 Å². The minimum atomic E-state index is -0.188. The number of ether oxygens (including phenoxy) is 2. The fourth-order valence-corrected chi connectivity index (χ4v) is 4.75. The summed E-state index contributed by atoms with van der Waals surface area (Å²) in [7, 11) is 0. The summed E-state index contributed by atoms with van der Waals surface area (Å²) in [5.74, 6) is 1.13. The van der Waals surface area contributed by atoms with Crippen LogP contribution >= 0.6 is 11.3 Å². The minimum Gasteiger partial charge on any atom is -0.377 e. The molecule has 1 spiro atoms. The molecule has 2 aromatic heterocycles. The second kappa shape index (κ2) is 8.00. The van der Waals surface area contributed by atoms with Gasteiger partial charge < -0.3 is 14.8 Å². The zero-order valence-corrected chi connectivity index (χ0v) is 16.0. The van der Waals surface area contributed by atoms with Crippen molar-refractivity contribution in [3.8, 4) is 0 Å². The third-order valence-corrected chi connectivity index (χ3v) is 5.99. The molecule has 6 nitrogen and oxygen atoms in total. The van der Waals surface area contributed by atoms with Crippen LogP contribution in [0.3, 0.4) is 0 Å². The maximum absolute atomic E-state index is 6.29. The van der Waals surface area contributed by atoms with E-state index >= 15 is 0 Å². The van der Waals surface area contributed by atoms with Crippen molar-refractivity contribution in [2.24, 2.45) is 5.92 Å². The molecule has 2 saturated heterocycles. The summed E-state index contributed by atoms with van der Waals surface area (Å²) >= 11 is 1.88. The Bertz CT molecular complexity index is 711. The Kier molecular flexibility index (Phi) is 5.49. The summed E-state index contributed by atoms with van der Waals surface area (Å²) in [5.41, 5.74) is -0.188. The van der Waals surface area contributed by atoms with Crippen molar-refractivity contribution in [1.82, 2.24) is 14.9 Å². The molecule has 2 aliphatic heterocycles. The van der Waals surface area contributed by atoms with Crippen LogP contribution in [0.2, 0.25) is 0 Å². The molecule has 4 rings (SSSR count). The number of hydrogen-bond acceptors (Lipinski definition) is 7. The lowest BCUT2D eigenvalue weighted by atomic mass is 9.94. The van der Waals surface area contributed by atoms with Crippen molar-refractivity contribution < 1.29 is 9.47 Å². The molecular weight excluding hydrogens is 348 g/mol. The first-order valence-corrected chi connectivity index (χ1v) is 10.0. The van der Waals surface area contributed by atoms with E-state index in [4.69, 9.17) is 9.47 Å². The highest BCUT2D eigenvalue weighted by atomic mass is 32.1. The van der Waals surface area contributed by atoms with Gasteiger partial charge >= 0.3 is 0 Å². The molecule has 2 aromatic rings. The first kappa shape index (κ1) is 17.9. The van der Waals surface area contributed by atoms with E-state index in [1.807, 2.05) is 17.4 Å². The molecule has 2 aliphatic rings. The van der Waals surface area contributed by atoms with E-state index in [0.717, 1.165) is 45.8 Å². The summed E-state index contributed by atoms with van der Waals surface area (Å²) < 4.78 is 12.2. The Morgan fingerprint density at radius 3 is 3.04 bits per heavy atom. The van der Waals surface area contributed by atoms with Crippen LogP contribution in [-0.4, -0.2) is 59.9 Å². The molecule has 26 heavy (non-hydrogen) atoms. The first-order valence-electron chi connectivity index (χ1n) is 9.21. The van der Waals surface area contributed by atoms with Crippen molar-refractivity contribution in [1.29, 1.82) is 0 Å². The largest absolute Gasteiger partial charge is 0.377 e. The minimum absolute atomic E-state index is 0.188. The predicted molar refractivity (Wildman–Crippen MR) is 102 cm³/mol. The van der Waals surface area contributed by atoms with E-state index in [-0.39, 0.29) is 5.60 Å². The Labute approximate surface area is 158 Å². The van der Waals surface area contributed by atoms with Crippen LogP contribution in [0.1, 0.15) is 16.2 Å². The van der Waals surface area contributed by atoms with Crippen molar-refractivity contribution >= 4 is 17.3 Å². The van der Waals surface area contributed by atoms with Gasteiger partial charge in [-0.25, -0.2) is 9.97 Å². The molecular formula is C19H26N4O2S. The van der Waals surface area contributed by atoms with Crippen LogP contribution in [0.25, 0.3) is 0 Å². The molecule has 7 heteroatoms. The molecule has 2 atom stereocenters. The fraction of sp³-hybridized carbons (Fsp3) is 0.579. The monoisotopic (exact) mass is 374 g/mol. The molecule has 4 heterocycles. The number of nitrogens with one attached hydrogen (secondary N) is 1. The van der Waals surface area contributed by atoms with Crippen LogP contribution in [0.4, 0.5) is 5.95 Å². The molecule has 0 bridgehead atoms. The number of hydrogen-bond donors (Lipinski definition) is 1. The van der Waals surface area contributed by atoms with E-state index in [2.05, 4.69) is 39.2 Å². The highest BCUT2D eigenvalue weighted by Gasteiger charge is 2.43. The average molecular weight is 375 g/mol. The highest BCUT2D eigenvalue weighted by molar-refractivity contribution is 7.11. The standard InChI is InChI=1S/C19H26N4O2S/c1-15-3-4-17(26-15)11-23-7-8-24-14-19(13-23)9-16(12-25-19)10-22-18-20-5-2-6-21-18/h2-6,16H,7-14H2,1H3,(H,20,21,22)/t16-,19-/m1/s1. The van der Waals surface area contributed by atoms with Crippen molar-refractivity contribution in [3.05, 3.63) is 40.3 Å². The molecule has 0 aromatic carbocycles. The maximum Gasteiger partial charge on any atom is 0.222 e. The summed E-state index contributed by atoms with van der Waals surface area (Å²) in [6.45, 7) is 8.08. The summed E-state index contributed by atoms with van der Waals surface area (Å²) in [6.07, 6.45) is 4.52. The predicted octanol–water partition coefficient (Wildman–Crippen LogP) is 2.57. The lowest BCUT2D eigenvalue weighted by molar-refractivity contribution is -0.0561. The number of rotatable bonds is 5. The van der Waals surface area contributed by atoms with E-state index in [0.29, 0.717) is 18.5 Å². The van der Waals surface area contributed by atoms with Gasteiger partial charge in [0.15, 0.2) is 0 Å². The molecule has 0 radical (unpaired) electrons. The molecule has 0 aliphatic carbocycles. The summed E-state index contributed by atoms with van der Waals surface area (Å²) in [5, 5.41) is 3.32. The molecule has 0 unspecified atom stereocenters. The van der Waals surface area contributed by atoms with Gasteiger partial charge in [0, 0.05) is 54.2 Å². The fourth-order valence-electron chi connectivity index (χ4n) is 3.82. The van der Waals surface area contributed by atoms with Crippen LogP contribution in [0.5, 0.6) is 0 Å². The first-order chi connectivity index (χ1) is 12.7. The number of aromatic nitrogens is 2.